The van der Waals surface area contributed by atoms with Crippen LogP contribution in [0.25, 0.3) is 11.5 Å². The number of hydrogen-bond donors (Lipinski definition) is 1. The number of ketones is 1. The van der Waals surface area contributed by atoms with Crippen molar-refractivity contribution in [3.05, 3.63) is 52.9 Å². The van der Waals surface area contributed by atoms with Crippen molar-refractivity contribution >= 4 is 28.2 Å². The van der Waals surface area contributed by atoms with Gasteiger partial charge in [-0.25, -0.2) is 4.98 Å². The molecule has 4 rings (SSSR count). The fraction of sp³-hybridized carbons (Fsp3) is 0.333. The van der Waals surface area contributed by atoms with E-state index >= 15 is 0 Å². The molecule has 0 atom stereocenters. The lowest BCUT2D eigenvalue weighted by Gasteiger charge is -2.20. The third kappa shape index (κ3) is 4.28. The zero-order valence-corrected chi connectivity index (χ0v) is 16.8. The number of hydrogen-bond acceptors (Lipinski definition) is 7. The summed E-state index contributed by atoms with van der Waals surface area (Å²) in [5.41, 5.74) is 1.82. The fourth-order valence-electron chi connectivity index (χ4n) is 3.20. The smallest absolute Gasteiger partial charge is 0.259 e. The number of aryl methyl sites for hydroxylation is 1. The Labute approximate surface area is 172 Å². The highest BCUT2D eigenvalue weighted by atomic mass is 32.1. The number of nitrogens with zero attached hydrogens (tertiary/aromatic N) is 2. The Morgan fingerprint density at radius 2 is 2.07 bits per heavy atom. The van der Waals surface area contributed by atoms with Crippen LogP contribution in [0.3, 0.4) is 0 Å². The van der Waals surface area contributed by atoms with Crippen LogP contribution in [0.15, 0.2) is 41.1 Å². The minimum absolute atomic E-state index is 0.0201. The third-order valence-electron chi connectivity index (χ3n) is 4.87. The standard InChI is InChI=1S/C21H21N3O4S/c1-2-15-6-5-14(12-22-15)20(26)24-21-23-17(16-4-3-9-28-16)19(29-21)18(25)13-7-10-27-11-8-13/h3-6,9,12-13H,2,7-8,10-11H2,1H3,(H,23,24,26). The minimum Gasteiger partial charge on any atom is -0.463 e. The number of ether oxygens (including phenoxy) is 1. The normalized spacial score (nSPS) is 14.7. The van der Waals surface area contributed by atoms with E-state index in [2.05, 4.69) is 15.3 Å². The van der Waals surface area contributed by atoms with E-state index in [1.807, 2.05) is 13.0 Å². The molecule has 0 unspecified atom stereocenters. The number of carbonyl (C=O) groups is 2. The summed E-state index contributed by atoms with van der Waals surface area (Å²) in [5, 5.41) is 3.14. The quantitative estimate of drug-likeness (QED) is 0.610. The molecule has 0 spiro atoms. The number of furan rings is 1. The summed E-state index contributed by atoms with van der Waals surface area (Å²) in [6, 6.07) is 7.06. The van der Waals surface area contributed by atoms with E-state index in [1.54, 1.807) is 24.4 Å². The topological polar surface area (TPSA) is 94.3 Å². The van der Waals surface area contributed by atoms with Gasteiger partial charge in [0.2, 0.25) is 0 Å². The molecule has 0 aliphatic carbocycles. The van der Waals surface area contributed by atoms with Crippen molar-refractivity contribution in [1.82, 2.24) is 9.97 Å². The number of Topliss-reactive ketones (excluding diaryl/α,β-unsaturated/α-hetero) is 1. The lowest BCUT2D eigenvalue weighted by Crippen LogP contribution is -2.23. The number of amides is 1. The van der Waals surface area contributed by atoms with Gasteiger partial charge in [-0.1, -0.05) is 18.3 Å². The van der Waals surface area contributed by atoms with Gasteiger partial charge in [0.15, 0.2) is 16.7 Å². The molecular weight excluding hydrogens is 390 g/mol. The molecule has 29 heavy (non-hydrogen) atoms. The van der Waals surface area contributed by atoms with Gasteiger partial charge in [0.25, 0.3) is 5.91 Å². The van der Waals surface area contributed by atoms with Crippen molar-refractivity contribution in [3.8, 4) is 11.5 Å². The number of carbonyl (C=O) groups excluding carboxylic acids is 2. The van der Waals surface area contributed by atoms with Gasteiger partial charge >= 0.3 is 0 Å². The molecule has 0 saturated carbocycles. The Morgan fingerprint density at radius 1 is 1.24 bits per heavy atom. The van der Waals surface area contributed by atoms with Crippen molar-refractivity contribution in [1.29, 1.82) is 0 Å². The summed E-state index contributed by atoms with van der Waals surface area (Å²) < 4.78 is 10.8. The van der Waals surface area contributed by atoms with E-state index in [4.69, 9.17) is 9.15 Å². The number of pyridine rings is 1. The van der Waals surface area contributed by atoms with Gasteiger partial charge in [0, 0.05) is 31.0 Å². The highest BCUT2D eigenvalue weighted by Crippen LogP contribution is 2.35. The van der Waals surface area contributed by atoms with Crippen LogP contribution in [0.5, 0.6) is 0 Å². The third-order valence-corrected chi connectivity index (χ3v) is 5.85. The SMILES string of the molecule is CCc1ccc(C(=O)Nc2nc(-c3ccco3)c(C(=O)C3CCOCC3)s2)cn1. The van der Waals surface area contributed by atoms with E-state index in [0.717, 1.165) is 12.1 Å². The second kappa shape index (κ2) is 8.67. The molecule has 0 bridgehead atoms. The van der Waals surface area contributed by atoms with Crippen LogP contribution < -0.4 is 5.32 Å². The van der Waals surface area contributed by atoms with Crippen LogP contribution in [0.1, 0.15) is 45.5 Å². The van der Waals surface area contributed by atoms with Gasteiger partial charge in [0.05, 0.1) is 11.8 Å². The first-order valence-corrected chi connectivity index (χ1v) is 10.4. The van der Waals surface area contributed by atoms with Crippen molar-refractivity contribution in [3.63, 3.8) is 0 Å². The molecule has 0 radical (unpaired) electrons. The summed E-state index contributed by atoms with van der Waals surface area (Å²) in [7, 11) is 0. The van der Waals surface area contributed by atoms with Crippen molar-refractivity contribution < 1.29 is 18.7 Å². The Kier molecular flexibility index (Phi) is 5.82. The second-order valence-electron chi connectivity index (χ2n) is 6.77. The van der Waals surface area contributed by atoms with Gasteiger partial charge in [-0.2, -0.15) is 0 Å². The Balaban J connectivity index is 1.60. The summed E-state index contributed by atoms with van der Waals surface area (Å²) in [5.74, 6) is 0.106. The largest absolute Gasteiger partial charge is 0.463 e. The fourth-order valence-corrected chi connectivity index (χ4v) is 4.19. The van der Waals surface area contributed by atoms with E-state index in [9.17, 15) is 9.59 Å². The number of aromatic nitrogens is 2. The maximum Gasteiger partial charge on any atom is 0.259 e. The monoisotopic (exact) mass is 411 g/mol. The van der Waals surface area contributed by atoms with Crippen molar-refractivity contribution in [2.24, 2.45) is 5.92 Å². The summed E-state index contributed by atoms with van der Waals surface area (Å²) in [6.45, 7) is 3.16. The van der Waals surface area contributed by atoms with Crippen LogP contribution >= 0.6 is 11.3 Å². The molecule has 1 amide bonds. The zero-order chi connectivity index (χ0) is 20.2. The van der Waals surface area contributed by atoms with E-state index in [0.29, 0.717) is 53.1 Å². The van der Waals surface area contributed by atoms with E-state index < -0.39 is 0 Å². The maximum absolute atomic E-state index is 13.1. The minimum atomic E-state index is -0.315. The Morgan fingerprint density at radius 3 is 2.72 bits per heavy atom. The zero-order valence-electron chi connectivity index (χ0n) is 16.0. The van der Waals surface area contributed by atoms with Gasteiger partial charge in [-0.3, -0.25) is 19.9 Å². The molecule has 7 nitrogen and oxygen atoms in total. The predicted octanol–water partition coefficient (Wildman–Crippen LogP) is 4.22. The van der Waals surface area contributed by atoms with Gasteiger partial charge < -0.3 is 9.15 Å². The molecule has 3 aromatic rings. The highest BCUT2D eigenvalue weighted by Gasteiger charge is 2.29. The van der Waals surface area contributed by atoms with Crippen LogP contribution in [0.4, 0.5) is 5.13 Å². The molecule has 150 valence electrons. The lowest BCUT2D eigenvalue weighted by molar-refractivity contribution is 0.0547. The van der Waals surface area contributed by atoms with Crippen molar-refractivity contribution in [2.75, 3.05) is 18.5 Å². The molecule has 1 aliphatic heterocycles. The van der Waals surface area contributed by atoms with Gasteiger partial charge in [-0.05, 0) is 43.5 Å². The van der Waals surface area contributed by atoms with Gasteiger partial charge in [-0.15, -0.1) is 0 Å². The van der Waals surface area contributed by atoms with Crippen LogP contribution in [0.2, 0.25) is 0 Å². The molecule has 8 heteroatoms. The van der Waals surface area contributed by atoms with E-state index in [1.165, 1.54) is 17.6 Å². The van der Waals surface area contributed by atoms with Crippen LogP contribution in [-0.2, 0) is 11.2 Å². The first-order chi connectivity index (χ1) is 14.2. The molecule has 1 aliphatic rings. The molecule has 3 aromatic heterocycles. The predicted molar refractivity (Wildman–Crippen MR) is 109 cm³/mol. The summed E-state index contributed by atoms with van der Waals surface area (Å²) >= 11 is 1.18. The molecule has 1 fully saturated rings. The first kappa shape index (κ1) is 19.5. The van der Waals surface area contributed by atoms with Crippen LogP contribution in [-0.4, -0.2) is 34.9 Å². The van der Waals surface area contributed by atoms with Gasteiger partial charge in [0.1, 0.15) is 10.6 Å². The highest BCUT2D eigenvalue weighted by molar-refractivity contribution is 7.18. The molecule has 4 heterocycles. The van der Waals surface area contributed by atoms with Crippen LogP contribution in [0, 0.1) is 5.92 Å². The number of thiazole rings is 1. The second-order valence-corrected chi connectivity index (χ2v) is 7.77. The molecule has 1 saturated heterocycles. The number of nitrogens with one attached hydrogen (secondary N) is 1. The van der Waals surface area contributed by atoms with E-state index in [-0.39, 0.29) is 17.6 Å². The lowest BCUT2D eigenvalue weighted by atomic mass is 9.94. The Bertz CT molecular complexity index is 990. The first-order valence-electron chi connectivity index (χ1n) is 9.58. The number of anilines is 1. The molecular formula is C21H21N3O4S. The summed E-state index contributed by atoms with van der Waals surface area (Å²) in [4.78, 5) is 34.9. The average Bonchev–Trinajstić information content (AvgIpc) is 3.44. The molecule has 1 N–H and O–H groups in total. The average molecular weight is 411 g/mol. The number of rotatable bonds is 6. The Hall–Kier alpha value is -2.84. The maximum atomic E-state index is 13.1. The van der Waals surface area contributed by atoms with Crippen molar-refractivity contribution in [2.45, 2.75) is 26.2 Å². The summed E-state index contributed by atoms with van der Waals surface area (Å²) in [6.07, 6.45) is 5.26. The molecule has 0 aromatic carbocycles.